The van der Waals surface area contributed by atoms with Crippen molar-refractivity contribution in [3.8, 4) is 0 Å². The van der Waals surface area contributed by atoms with E-state index in [9.17, 15) is 4.79 Å². The minimum atomic E-state index is 0.216. The third-order valence-corrected chi connectivity index (χ3v) is 3.69. The van der Waals surface area contributed by atoms with Crippen LogP contribution in [-0.4, -0.2) is 37.0 Å². The molecular weight excluding hydrogens is 224 g/mol. The lowest BCUT2D eigenvalue weighted by Gasteiger charge is -2.29. The molecule has 2 atom stereocenters. The summed E-state index contributed by atoms with van der Waals surface area (Å²) >= 11 is 0. The van der Waals surface area contributed by atoms with Crippen molar-refractivity contribution in [3.63, 3.8) is 0 Å². The van der Waals surface area contributed by atoms with Gasteiger partial charge in [-0.2, -0.15) is 0 Å². The minimum Gasteiger partial charge on any atom is -0.335 e. The molecule has 3 heteroatoms. The van der Waals surface area contributed by atoms with Gasteiger partial charge >= 0.3 is 0 Å². The van der Waals surface area contributed by atoms with Crippen LogP contribution >= 0.6 is 0 Å². The van der Waals surface area contributed by atoms with E-state index >= 15 is 0 Å². The fourth-order valence-electron chi connectivity index (χ4n) is 2.53. The predicted molar refractivity (Wildman–Crippen MR) is 76.3 cm³/mol. The molecule has 0 aromatic heterocycles. The highest BCUT2D eigenvalue weighted by molar-refractivity contribution is 5.76. The van der Waals surface area contributed by atoms with Crippen LogP contribution in [0.5, 0.6) is 0 Å². The number of carbonyl (C=O) groups excluding carboxylic acids is 1. The molecule has 0 aliphatic carbocycles. The van der Waals surface area contributed by atoms with E-state index in [4.69, 9.17) is 0 Å². The molecule has 1 aliphatic heterocycles. The van der Waals surface area contributed by atoms with Crippen LogP contribution in [0.3, 0.4) is 0 Å². The van der Waals surface area contributed by atoms with Crippen molar-refractivity contribution in [1.29, 1.82) is 0 Å². The second kappa shape index (κ2) is 8.09. The Hall–Kier alpha value is -1.09. The van der Waals surface area contributed by atoms with Gasteiger partial charge in [0.2, 0.25) is 5.91 Å². The zero-order valence-electron chi connectivity index (χ0n) is 11.5. The first-order valence-electron chi connectivity index (χ1n) is 6.89. The fourth-order valence-corrected chi connectivity index (χ4v) is 2.53. The molecule has 0 aromatic rings. The smallest absolute Gasteiger partial charge is 0.223 e. The number of hydrogen-bond donors (Lipinski definition) is 1. The number of piperidine rings is 1. The molecule has 1 fully saturated rings. The fraction of sp³-hybridized carbons (Fsp3) is 0.667. The summed E-state index contributed by atoms with van der Waals surface area (Å²) in [5.74, 6) is 1.30. The standard InChI is InChI=1S/C15H26N2O/c1-4-9-17(10-5-2)15(18)11-13(3)14-7-6-8-16-12-14/h4-5,13-14,16H,1-2,6-12H2,3H3. The van der Waals surface area contributed by atoms with Gasteiger partial charge in [-0.25, -0.2) is 0 Å². The Bertz CT molecular complexity index is 272. The number of rotatable bonds is 7. The molecule has 2 unspecified atom stereocenters. The van der Waals surface area contributed by atoms with Gasteiger partial charge in [0.25, 0.3) is 0 Å². The van der Waals surface area contributed by atoms with Gasteiger partial charge in [0.15, 0.2) is 0 Å². The molecule has 0 bridgehead atoms. The molecule has 0 radical (unpaired) electrons. The minimum absolute atomic E-state index is 0.216. The third-order valence-electron chi connectivity index (χ3n) is 3.69. The van der Waals surface area contributed by atoms with Gasteiger partial charge in [-0.3, -0.25) is 4.79 Å². The molecule has 0 spiro atoms. The Balaban J connectivity index is 2.44. The molecule has 0 aromatic carbocycles. The lowest BCUT2D eigenvalue weighted by Crippen LogP contribution is -2.37. The van der Waals surface area contributed by atoms with Crippen molar-refractivity contribution in [1.82, 2.24) is 10.2 Å². The van der Waals surface area contributed by atoms with Crippen molar-refractivity contribution in [2.24, 2.45) is 11.8 Å². The number of carbonyl (C=O) groups is 1. The Morgan fingerprint density at radius 3 is 2.61 bits per heavy atom. The lowest BCUT2D eigenvalue weighted by atomic mass is 9.85. The second-order valence-corrected chi connectivity index (χ2v) is 5.16. The highest BCUT2D eigenvalue weighted by Crippen LogP contribution is 2.23. The van der Waals surface area contributed by atoms with Gasteiger partial charge in [0.1, 0.15) is 0 Å². The van der Waals surface area contributed by atoms with Crippen molar-refractivity contribution >= 4 is 5.91 Å². The molecule has 1 rings (SSSR count). The van der Waals surface area contributed by atoms with Gasteiger partial charge in [-0.05, 0) is 37.8 Å². The molecule has 1 heterocycles. The first-order valence-corrected chi connectivity index (χ1v) is 6.89. The van der Waals surface area contributed by atoms with E-state index in [1.165, 1.54) is 12.8 Å². The van der Waals surface area contributed by atoms with E-state index in [2.05, 4.69) is 25.4 Å². The molecule has 3 nitrogen and oxygen atoms in total. The van der Waals surface area contributed by atoms with Crippen molar-refractivity contribution < 1.29 is 4.79 Å². The van der Waals surface area contributed by atoms with Crippen LogP contribution in [-0.2, 0) is 4.79 Å². The monoisotopic (exact) mass is 250 g/mol. The zero-order chi connectivity index (χ0) is 13.4. The number of nitrogens with one attached hydrogen (secondary N) is 1. The van der Waals surface area contributed by atoms with E-state index < -0.39 is 0 Å². The summed E-state index contributed by atoms with van der Waals surface area (Å²) in [4.78, 5) is 14.0. The number of hydrogen-bond acceptors (Lipinski definition) is 2. The van der Waals surface area contributed by atoms with Crippen molar-refractivity contribution in [3.05, 3.63) is 25.3 Å². The largest absolute Gasteiger partial charge is 0.335 e. The second-order valence-electron chi connectivity index (χ2n) is 5.16. The molecule has 102 valence electrons. The quantitative estimate of drug-likeness (QED) is 0.703. The maximum Gasteiger partial charge on any atom is 0.223 e. The van der Waals surface area contributed by atoms with E-state index in [1.54, 1.807) is 12.2 Å². The van der Waals surface area contributed by atoms with Gasteiger partial charge in [-0.15, -0.1) is 13.2 Å². The van der Waals surface area contributed by atoms with Crippen LogP contribution < -0.4 is 5.32 Å². The van der Waals surface area contributed by atoms with Crippen molar-refractivity contribution in [2.45, 2.75) is 26.2 Å². The summed E-state index contributed by atoms with van der Waals surface area (Å²) in [6.07, 6.45) is 6.65. The van der Waals surface area contributed by atoms with Crippen LogP contribution in [0, 0.1) is 11.8 Å². The Morgan fingerprint density at radius 2 is 2.11 bits per heavy atom. The van der Waals surface area contributed by atoms with E-state index in [-0.39, 0.29) is 5.91 Å². The van der Waals surface area contributed by atoms with Gasteiger partial charge in [0, 0.05) is 19.5 Å². The number of amides is 1. The Kier molecular flexibility index (Phi) is 6.73. The predicted octanol–water partition coefficient (Wildman–Crippen LogP) is 2.21. The highest BCUT2D eigenvalue weighted by atomic mass is 16.2. The van der Waals surface area contributed by atoms with Crippen LogP contribution in [0.2, 0.25) is 0 Å². The SMILES string of the molecule is C=CCN(CC=C)C(=O)CC(C)C1CCCNC1. The third kappa shape index (κ3) is 4.65. The van der Waals surface area contributed by atoms with Gasteiger partial charge < -0.3 is 10.2 Å². The van der Waals surface area contributed by atoms with E-state index in [0.29, 0.717) is 31.3 Å². The molecular formula is C15H26N2O. The highest BCUT2D eigenvalue weighted by Gasteiger charge is 2.23. The van der Waals surface area contributed by atoms with Crippen LogP contribution in [0.25, 0.3) is 0 Å². The summed E-state index contributed by atoms with van der Waals surface area (Å²) < 4.78 is 0. The van der Waals surface area contributed by atoms with E-state index in [0.717, 1.165) is 13.1 Å². The van der Waals surface area contributed by atoms with E-state index in [1.807, 2.05) is 4.90 Å². The van der Waals surface area contributed by atoms with Crippen molar-refractivity contribution in [2.75, 3.05) is 26.2 Å². The maximum absolute atomic E-state index is 12.2. The molecule has 18 heavy (non-hydrogen) atoms. The summed E-state index contributed by atoms with van der Waals surface area (Å²) in [5.41, 5.74) is 0. The normalized spacial score (nSPS) is 21.1. The summed E-state index contributed by atoms with van der Waals surface area (Å²) in [7, 11) is 0. The Morgan fingerprint density at radius 1 is 1.44 bits per heavy atom. The molecule has 1 saturated heterocycles. The summed E-state index contributed by atoms with van der Waals surface area (Å²) in [5, 5.41) is 3.41. The summed E-state index contributed by atoms with van der Waals surface area (Å²) in [6.45, 7) is 13.0. The first-order chi connectivity index (χ1) is 8.69. The average Bonchev–Trinajstić information content (AvgIpc) is 2.39. The number of nitrogens with zero attached hydrogens (tertiary/aromatic N) is 1. The Labute approximate surface area is 111 Å². The molecule has 1 N–H and O–H groups in total. The van der Waals surface area contributed by atoms with Crippen LogP contribution in [0.1, 0.15) is 26.2 Å². The topological polar surface area (TPSA) is 32.3 Å². The first kappa shape index (κ1) is 15.0. The lowest BCUT2D eigenvalue weighted by molar-refractivity contribution is -0.131. The molecule has 0 saturated carbocycles. The molecule has 1 amide bonds. The molecule has 1 aliphatic rings. The van der Waals surface area contributed by atoms with Crippen LogP contribution in [0.15, 0.2) is 25.3 Å². The van der Waals surface area contributed by atoms with Crippen LogP contribution in [0.4, 0.5) is 0 Å². The zero-order valence-corrected chi connectivity index (χ0v) is 11.5. The summed E-state index contributed by atoms with van der Waals surface area (Å²) in [6, 6.07) is 0. The maximum atomic E-state index is 12.2. The van der Waals surface area contributed by atoms with Gasteiger partial charge in [-0.1, -0.05) is 19.1 Å². The average molecular weight is 250 g/mol. The van der Waals surface area contributed by atoms with Gasteiger partial charge in [0.05, 0.1) is 0 Å².